The van der Waals surface area contributed by atoms with Gasteiger partial charge in [0.2, 0.25) is 5.91 Å². The van der Waals surface area contributed by atoms with Crippen molar-refractivity contribution in [3.05, 3.63) is 34.9 Å². The number of nitrogens with zero attached hydrogens (tertiary/aromatic N) is 2. The van der Waals surface area contributed by atoms with Crippen LogP contribution in [0.4, 0.5) is 0 Å². The molecular weight excluding hydrogens is 450 g/mol. The number of rotatable bonds is 11. The van der Waals surface area contributed by atoms with E-state index < -0.39 is 0 Å². The Labute approximate surface area is 209 Å². The highest BCUT2D eigenvalue weighted by atomic mass is 35.5. The first kappa shape index (κ1) is 26.9. The normalized spacial score (nSPS) is 20.4. The molecule has 3 rings (SSSR count). The summed E-state index contributed by atoms with van der Waals surface area (Å²) < 4.78 is 0. The van der Waals surface area contributed by atoms with Crippen LogP contribution in [0.3, 0.4) is 0 Å². The number of likely N-dealkylation sites (N-methyl/N-ethyl adjacent to an activating group) is 1. The topological polar surface area (TPSA) is 76.7 Å². The van der Waals surface area contributed by atoms with Gasteiger partial charge >= 0.3 is 0 Å². The van der Waals surface area contributed by atoms with E-state index in [9.17, 15) is 9.59 Å². The minimum absolute atomic E-state index is 0.00861. The zero-order valence-corrected chi connectivity index (χ0v) is 21.7. The summed E-state index contributed by atoms with van der Waals surface area (Å²) in [7, 11) is 1.90. The number of hydrogen-bond acceptors (Lipinski definition) is 5. The predicted octanol–water partition coefficient (Wildman–Crippen LogP) is 2.98. The Hall–Kier alpha value is -1.67. The molecule has 0 aromatic heterocycles. The number of hydrogen-bond donors (Lipinski definition) is 3. The fraction of sp³-hybridized carbons (Fsp3) is 0.692. The van der Waals surface area contributed by atoms with Gasteiger partial charge in [-0.15, -0.1) is 0 Å². The van der Waals surface area contributed by atoms with E-state index in [-0.39, 0.29) is 29.8 Å². The van der Waals surface area contributed by atoms with Crippen LogP contribution in [0.1, 0.15) is 57.9 Å². The van der Waals surface area contributed by atoms with Gasteiger partial charge in [-0.1, -0.05) is 56.8 Å². The maximum atomic E-state index is 13.2. The molecule has 2 fully saturated rings. The first-order chi connectivity index (χ1) is 16.4. The average Bonchev–Trinajstić information content (AvgIpc) is 3.28. The van der Waals surface area contributed by atoms with E-state index >= 15 is 0 Å². The molecule has 1 aromatic rings. The van der Waals surface area contributed by atoms with Crippen molar-refractivity contribution in [1.82, 2.24) is 26.0 Å². The second-order valence-electron chi connectivity index (χ2n) is 10.00. The number of halogens is 1. The van der Waals surface area contributed by atoms with Crippen LogP contribution in [0, 0.1) is 5.92 Å². The van der Waals surface area contributed by atoms with Gasteiger partial charge in [-0.2, -0.15) is 0 Å². The molecule has 2 aliphatic rings. The lowest BCUT2D eigenvalue weighted by atomic mass is 9.92. The summed E-state index contributed by atoms with van der Waals surface area (Å²) in [6.45, 7) is 6.91. The Balaban J connectivity index is 1.62. The van der Waals surface area contributed by atoms with Gasteiger partial charge < -0.3 is 15.5 Å². The van der Waals surface area contributed by atoms with Crippen LogP contribution in [0.25, 0.3) is 0 Å². The number of hydrazine groups is 1. The predicted molar refractivity (Wildman–Crippen MR) is 138 cm³/mol. The highest BCUT2D eigenvalue weighted by molar-refractivity contribution is 6.30. The third-order valence-electron chi connectivity index (χ3n) is 6.98. The van der Waals surface area contributed by atoms with Gasteiger partial charge in [-0.3, -0.25) is 15.0 Å². The highest BCUT2D eigenvalue weighted by Gasteiger charge is 2.37. The van der Waals surface area contributed by atoms with Gasteiger partial charge in [0.05, 0.1) is 6.04 Å². The summed E-state index contributed by atoms with van der Waals surface area (Å²) in [5.74, 6) is 0.205. The monoisotopic (exact) mass is 491 g/mol. The molecule has 1 aliphatic carbocycles. The molecular formula is C26H42ClN5O2. The third-order valence-corrected chi connectivity index (χ3v) is 7.23. The molecule has 2 amide bonds. The van der Waals surface area contributed by atoms with Gasteiger partial charge in [0.15, 0.2) is 0 Å². The summed E-state index contributed by atoms with van der Waals surface area (Å²) in [6.07, 6.45) is 7.34. The molecule has 0 radical (unpaired) electrons. The molecule has 3 N–H and O–H groups in total. The third kappa shape index (κ3) is 7.67. The van der Waals surface area contributed by atoms with E-state index in [4.69, 9.17) is 11.6 Å². The number of nitrogens with one attached hydrogen (secondary N) is 3. The van der Waals surface area contributed by atoms with Crippen molar-refractivity contribution in [3.63, 3.8) is 0 Å². The molecule has 34 heavy (non-hydrogen) atoms. The number of amides is 2. The van der Waals surface area contributed by atoms with Crippen molar-refractivity contribution in [1.29, 1.82) is 0 Å². The Morgan fingerprint density at radius 1 is 1.06 bits per heavy atom. The molecule has 1 saturated carbocycles. The summed E-state index contributed by atoms with van der Waals surface area (Å²) >= 11 is 6.03. The van der Waals surface area contributed by atoms with Crippen molar-refractivity contribution >= 4 is 23.4 Å². The van der Waals surface area contributed by atoms with Gasteiger partial charge in [0.1, 0.15) is 0 Å². The lowest BCUT2D eigenvalue weighted by Gasteiger charge is -2.39. The number of carbonyl (C=O) groups excluding carboxylic acids is 2. The number of carbonyl (C=O) groups is 2. The van der Waals surface area contributed by atoms with Crippen LogP contribution in [-0.4, -0.2) is 73.1 Å². The van der Waals surface area contributed by atoms with E-state index in [0.717, 1.165) is 37.9 Å². The minimum atomic E-state index is -0.347. The summed E-state index contributed by atoms with van der Waals surface area (Å²) in [4.78, 5) is 28.6. The van der Waals surface area contributed by atoms with Crippen LogP contribution in [0.5, 0.6) is 0 Å². The first-order valence-corrected chi connectivity index (χ1v) is 13.3. The largest absolute Gasteiger partial charge is 0.335 e. The zero-order chi connectivity index (χ0) is 24.5. The van der Waals surface area contributed by atoms with Crippen molar-refractivity contribution < 1.29 is 9.59 Å². The van der Waals surface area contributed by atoms with Crippen molar-refractivity contribution in [3.8, 4) is 0 Å². The Morgan fingerprint density at radius 3 is 2.41 bits per heavy atom. The quantitative estimate of drug-likeness (QED) is 0.415. The van der Waals surface area contributed by atoms with Gasteiger partial charge in [-0.05, 0) is 50.4 Å². The van der Waals surface area contributed by atoms with Gasteiger partial charge in [-0.25, -0.2) is 5.01 Å². The lowest BCUT2D eigenvalue weighted by molar-refractivity contribution is -0.140. The molecule has 1 aliphatic heterocycles. The molecule has 8 heteroatoms. The van der Waals surface area contributed by atoms with E-state index in [1.165, 1.54) is 19.3 Å². The van der Waals surface area contributed by atoms with Gasteiger partial charge in [0.25, 0.3) is 5.91 Å². The summed E-state index contributed by atoms with van der Waals surface area (Å²) in [6, 6.07) is 7.80. The zero-order valence-electron chi connectivity index (χ0n) is 21.0. The van der Waals surface area contributed by atoms with Crippen LogP contribution in [0.2, 0.25) is 5.02 Å². The van der Waals surface area contributed by atoms with Gasteiger partial charge in [0, 0.05) is 49.2 Å². The maximum Gasteiger partial charge on any atom is 0.251 e. The molecule has 2 atom stereocenters. The smallest absolute Gasteiger partial charge is 0.251 e. The summed E-state index contributed by atoms with van der Waals surface area (Å²) in [5, 5.41) is 9.19. The lowest BCUT2D eigenvalue weighted by Crippen LogP contribution is -2.54. The van der Waals surface area contributed by atoms with E-state index in [1.54, 1.807) is 0 Å². The molecule has 7 nitrogen and oxygen atoms in total. The Morgan fingerprint density at radius 2 is 1.76 bits per heavy atom. The SMILES string of the molecule is CNCCN[C@H](Cc1ccc(Cl)cc1)C(=O)NN1CC[C@H](N(C(=O)C(C)C)C2CCCCC2)C1. The van der Waals surface area contributed by atoms with Crippen LogP contribution in [-0.2, 0) is 16.0 Å². The standard InChI is InChI=1S/C26H42ClN5O2/c1-19(2)26(34)32(22-7-5-4-6-8-22)23-13-16-31(18-23)30-25(33)24(29-15-14-28-3)17-20-9-11-21(27)12-10-20/h9-12,19,22-24,28-29H,4-8,13-18H2,1-3H3,(H,30,33)/t23-,24+/m0/s1. The first-order valence-electron chi connectivity index (χ1n) is 12.9. The fourth-order valence-corrected chi connectivity index (χ4v) is 5.23. The van der Waals surface area contributed by atoms with E-state index in [1.807, 2.05) is 50.2 Å². The van der Waals surface area contributed by atoms with Crippen molar-refractivity contribution in [2.24, 2.45) is 5.92 Å². The number of benzene rings is 1. The average molecular weight is 492 g/mol. The Kier molecular flexibility index (Phi) is 10.6. The summed E-state index contributed by atoms with van der Waals surface area (Å²) in [5.41, 5.74) is 4.20. The molecule has 0 spiro atoms. The molecule has 1 heterocycles. The van der Waals surface area contributed by atoms with Crippen LogP contribution >= 0.6 is 11.6 Å². The van der Waals surface area contributed by atoms with Crippen LogP contribution < -0.4 is 16.1 Å². The van der Waals surface area contributed by atoms with Crippen LogP contribution in [0.15, 0.2) is 24.3 Å². The van der Waals surface area contributed by atoms with E-state index in [0.29, 0.717) is 30.6 Å². The van der Waals surface area contributed by atoms with Crippen molar-refractivity contribution in [2.75, 3.05) is 33.2 Å². The fourth-order valence-electron chi connectivity index (χ4n) is 5.10. The Bertz CT molecular complexity index is 782. The maximum absolute atomic E-state index is 13.2. The second kappa shape index (κ2) is 13.4. The molecule has 1 aromatic carbocycles. The molecule has 190 valence electrons. The molecule has 1 saturated heterocycles. The van der Waals surface area contributed by atoms with E-state index in [2.05, 4.69) is 21.0 Å². The molecule has 0 bridgehead atoms. The van der Waals surface area contributed by atoms with Crippen molar-refractivity contribution in [2.45, 2.75) is 76.9 Å². The minimum Gasteiger partial charge on any atom is -0.335 e. The molecule has 0 unspecified atom stereocenters. The second-order valence-corrected chi connectivity index (χ2v) is 10.4. The highest BCUT2D eigenvalue weighted by Crippen LogP contribution is 2.28.